The van der Waals surface area contributed by atoms with Crippen molar-refractivity contribution in [1.82, 2.24) is 4.98 Å². The van der Waals surface area contributed by atoms with Gasteiger partial charge in [0.2, 0.25) is 10.0 Å². The van der Waals surface area contributed by atoms with E-state index in [0.717, 1.165) is 12.1 Å². The van der Waals surface area contributed by atoms with E-state index in [2.05, 4.69) is 9.71 Å². The molecule has 6 nitrogen and oxygen atoms in total. The number of hydrogen-bond donors (Lipinski definition) is 3. The van der Waals surface area contributed by atoms with Crippen molar-refractivity contribution in [2.24, 2.45) is 0 Å². The van der Waals surface area contributed by atoms with E-state index in [0.29, 0.717) is 11.1 Å². The minimum atomic E-state index is -3.87. The van der Waals surface area contributed by atoms with Crippen LogP contribution in [-0.4, -0.2) is 24.5 Å². The van der Waals surface area contributed by atoms with Gasteiger partial charge in [0, 0.05) is 10.9 Å². The highest BCUT2D eigenvalue weighted by Crippen LogP contribution is 2.30. The predicted octanol–water partition coefficient (Wildman–Crippen LogP) is 2.95. The molecule has 0 bridgehead atoms. The molecule has 8 heteroatoms. The number of halogens is 1. The molecule has 0 aliphatic rings. The summed E-state index contributed by atoms with van der Waals surface area (Å²) in [5, 5.41) is 9.42. The van der Waals surface area contributed by atoms with Crippen LogP contribution in [0.4, 0.5) is 10.1 Å². The molecule has 1 aromatic heterocycles. The van der Waals surface area contributed by atoms with Gasteiger partial charge in [-0.05, 0) is 23.8 Å². The largest absolute Gasteiger partial charge is 0.477 e. The number of H-pyrrole nitrogens is 1. The molecule has 0 saturated heterocycles. The molecule has 2 aromatic carbocycles. The number of hydrogen-bond acceptors (Lipinski definition) is 3. The Balaban J connectivity index is 2.03. The smallest absolute Gasteiger partial charge is 0.354 e. The number of carbonyl (C=O) groups is 1. The van der Waals surface area contributed by atoms with Gasteiger partial charge < -0.3 is 10.1 Å². The second-order valence-electron chi connectivity index (χ2n) is 5.22. The molecule has 24 heavy (non-hydrogen) atoms. The van der Waals surface area contributed by atoms with Crippen LogP contribution in [0.25, 0.3) is 10.9 Å². The average molecular weight is 348 g/mol. The van der Waals surface area contributed by atoms with Crippen LogP contribution >= 0.6 is 0 Å². The van der Waals surface area contributed by atoms with Crippen LogP contribution in [0.5, 0.6) is 0 Å². The molecule has 0 saturated carbocycles. The van der Waals surface area contributed by atoms with Gasteiger partial charge >= 0.3 is 5.97 Å². The maximum atomic E-state index is 13.5. The first-order chi connectivity index (χ1) is 11.4. The van der Waals surface area contributed by atoms with Crippen molar-refractivity contribution in [3.63, 3.8) is 0 Å². The zero-order valence-corrected chi connectivity index (χ0v) is 13.1. The van der Waals surface area contributed by atoms with Gasteiger partial charge in [-0.2, -0.15) is 0 Å². The number of benzene rings is 2. The number of fused-ring (bicyclic) bond motifs is 1. The van der Waals surface area contributed by atoms with E-state index < -0.39 is 21.8 Å². The molecular formula is C16H13FN2O4S. The lowest BCUT2D eigenvalue weighted by atomic mass is 10.2. The van der Waals surface area contributed by atoms with Crippen LogP contribution in [0, 0.1) is 5.82 Å². The predicted molar refractivity (Wildman–Crippen MR) is 87.9 cm³/mol. The van der Waals surface area contributed by atoms with Gasteiger partial charge in [-0.25, -0.2) is 17.6 Å². The zero-order chi connectivity index (χ0) is 17.3. The lowest BCUT2D eigenvalue weighted by Crippen LogP contribution is -2.16. The number of carboxylic acids is 1. The zero-order valence-electron chi connectivity index (χ0n) is 12.3. The summed E-state index contributed by atoms with van der Waals surface area (Å²) in [7, 11) is -3.87. The third-order valence-corrected chi connectivity index (χ3v) is 4.66. The van der Waals surface area contributed by atoms with Crippen LogP contribution in [0.3, 0.4) is 0 Å². The molecule has 3 N–H and O–H groups in total. The van der Waals surface area contributed by atoms with Crippen molar-refractivity contribution in [1.29, 1.82) is 0 Å². The van der Waals surface area contributed by atoms with E-state index in [1.807, 2.05) is 0 Å². The highest BCUT2D eigenvalue weighted by Gasteiger charge is 2.22. The first kappa shape index (κ1) is 16.0. The molecule has 0 aliphatic heterocycles. The van der Waals surface area contributed by atoms with Crippen molar-refractivity contribution in [2.75, 3.05) is 4.72 Å². The summed E-state index contributed by atoms with van der Waals surface area (Å²) >= 11 is 0. The summed E-state index contributed by atoms with van der Waals surface area (Å²) in [6.07, 6.45) is 0. The summed E-state index contributed by atoms with van der Waals surface area (Å²) in [5.41, 5.74) is 0.360. The summed E-state index contributed by atoms with van der Waals surface area (Å²) in [6.45, 7) is 0. The highest BCUT2D eigenvalue weighted by atomic mass is 32.2. The van der Waals surface area contributed by atoms with E-state index in [1.54, 1.807) is 30.3 Å². The van der Waals surface area contributed by atoms with Crippen molar-refractivity contribution in [3.8, 4) is 0 Å². The second kappa shape index (κ2) is 5.97. The number of aromatic carboxylic acids is 1. The Hall–Kier alpha value is -2.87. The van der Waals surface area contributed by atoms with Crippen molar-refractivity contribution in [2.45, 2.75) is 5.75 Å². The lowest BCUT2D eigenvalue weighted by Gasteiger charge is -2.08. The highest BCUT2D eigenvalue weighted by molar-refractivity contribution is 7.92. The van der Waals surface area contributed by atoms with E-state index in [9.17, 15) is 22.7 Å². The molecule has 0 unspecified atom stereocenters. The van der Waals surface area contributed by atoms with E-state index in [4.69, 9.17) is 0 Å². The standard InChI is InChI=1S/C16H13FN2O4S/c17-11-6-7-13-12(8-11)14(15(18-13)16(20)21)19-24(22,23)9-10-4-2-1-3-5-10/h1-8,18-19H,9H2,(H,20,21). The van der Waals surface area contributed by atoms with Gasteiger partial charge in [0.1, 0.15) is 11.5 Å². The molecule has 0 spiro atoms. The Labute approximate surface area is 137 Å². The van der Waals surface area contributed by atoms with Gasteiger partial charge in [-0.15, -0.1) is 0 Å². The summed E-state index contributed by atoms with van der Waals surface area (Å²) in [4.78, 5) is 13.9. The SMILES string of the molecule is O=C(O)c1[nH]c2ccc(F)cc2c1NS(=O)(=O)Cc1ccccc1. The van der Waals surface area contributed by atoms with Crippen LogP contribution in [0.2, 0.25) is 0 Å². The van der Waals surface area contributed by atoms with Gasteiger partial charge in [0.25, 0.3) is 0 Å². The first-order valence-electron chi connectivity index (χ1n) is 6.95. The first-order valence-corrected chi connectivity index (χ1v) is 8.60. The third-order valence-electron chi connectivity index (χ3n) is 3.43. The molecular weight excluding hydrogens is 335 g/mol. The minimum Gasteiger partial charge on any atom is -0.477 e. The Morgan fingerprint density at radius 3 is 2.54 bits per heavy atom. The second-order valence-corrected chi connectivity index (χ2v) is 6.94. The fraction of sp³-hybridized carbons (Fsp3) is 0.0625. The maximum absolute atomic E-state index is 13.5. The number of anilines is 1. The quantitative estimate of drug-likeness (QED) is 0.660. The monoisotopic (exact) mass is 348 g/mol. The molecule has 0 fully saturated rings. The number of rotatable bonds is 5. The molecule has 0 atom stereocenters. The minimum absolute atomic E-state index is 0.157. The third kappa shape index (κ3) is 3.23. The van der Waals surface area contributed by atoms with Crippen molar-refractivity contribution in [3.05, 3.63) is 65.6 Å². The molecule has 3 rings (SSSR count). The fourth-order valence-electron chi connectivity index (χ4n) is 2.42. The number of sulfonamides is 1. The van der Waals surface area contributed by atoms with Crippen LogP contribution in [0.1, 0.15) is 16.1 Å². The number of nitrogens with one attached hydrogen (secondary N) is 2. The van der Waals surface area contributed by atoms with Crippen LogP contribution < -0.4 is 4.72 Å². The number of carboxylic acid groups (broad SMARTS) is 1. The molecule has 0 radical (unpaired) electrons. The summed E-state index contributed by atoms with van der Waals surface area (Å²) in [5.74, 6) is -2.26. The molecule has 124 valence electrons. The number of aromatic amines is 1. The van der Waals surface area contributed by atoms with Crippen LogP contribution in [0.15, 0.2) is 48.5 Å². The normalized spacial score (nSPS) is 11.5. The Morgan fingerprint density at radius 1 is 1.17 bits per heavy atom. The lowest BCUT2D eigenvalue weighted by molar-refractivity contribution is 0.0692. The average Bonchev–Trinajstić information content (AvgIpc) is 2.85. The maximum Gasteiger partial charge on any atom is 0.354 e. The van der Waals surface area contributed by atoms with Gasteiger partial charge in [0.15, 0.2) is 0 Å². The topological polar surface area (TPSA) is 99.3 Å². The van der Waals surface area contributed by atoms with Crippen molar-refractivity contribution >= 4 is 32.6 Å². The molecule has 3 aromatic rings. The Bertz CT molecular complexity index is 1010. The Kier molecular flexibility index (Phi) is 3.98. The molecule has 0 amide bonds. The fourth-order valence-corrected chi connectivity index (χ4v) is 3.64. The van der Waals surface area contributed by atoms with E-state index in [-0.39, 0.29) is 22.5 Å². The van der Waals surface area contributed by atoms with Gasteiger partial charge in [-0.1, -0.05) is 30.3 Å². The Morgan fingerprint density at radius 2 is 1.88 bits per heavy atom. The van der Waals surface area contributed by atoms with Crippen molar-refractivity contribution < 1.29 is 22.7 Å². The summed E-state index contributed by atoms with van der Waals surface area (Å²) < 4.78 is 40.4. The molecule has 1 heterocycles. The van der Waals surface area contributed by atoms with Gasteiger partial charge in [0.05, 0.1) is 11.4 Å². The number of aromatic nitrogens is 1. The van der Waals surface area contributed by atoms with E-state index >= 15 is 0 Å². The van der Waals surface area contributed by atoms with E-state index in [1.165, 1.54) is 6.07 Å². The van der Waals surface area contributed by atoms with Gasteiger partial charge in [-0.3, -0.25) is 4.72 Å². The summed E-state index contributed by atoms with van der Waals surface area (Å²) in [6, 6.07) is 12.0. The van der Waals surface area contributed by atoms with Crippen LogP contribution in [-0.2, 0) is 15.8 Å². The molecule has 0 aliphatic carbocycles.